The number of rotatable bonds is 3. The Balaban J connectivity index is 2.17. The van der Waals surface area contributed by atoms with Crippen molar-refractivity contribution >= 4 is 11.3 Å². The number of benzene rings is 1. The summed E-state index contributed by atoms with van der Waals surface area (Å²) in [7, 11) is 0. The third-order valence-electron chi connectivity index (χ3n) is 2.70. The molecule has 0 radical (unpaired) electrons. The molecule has 84 valence electrons. The first-order valence-electron chi connectivity index (χ1n) is 5.29. The zero-order valence-corrected chi connectivity index (χ0v) is 10.3. The number of aliphatic hydroxyl groups is 1. The Labute approximate surface area is 99.6 Å². The van der Waals surface area contributed by atoms with E-state index in [1.165, 1.54) is 28.0 Å². The summed E-state index contributed by atoms with van der Waals surface area (Å²) in [4.78, 5) is 4.91. The van der Waals surface area contributed by atoms with Crippen LogP contribution in [0.4, 0.5) is 0 Å². The molecule has 0 saturated carbocycles. The van der Waals surface area contributed by atoms with E-state index in [0.717, 1.165) is 4.88 Å². The lowest BCUT2D eigenvalue weighted by molar-refractivity contribution is 0.182. The molecule has 1 heterocycles. The molecular formula is C13H15NOS. The number of hydrogen-bond acceptors (Lipinski definition) is 3. The molecule has 0 aliphatic heterocycles. The van der Waals surface area contributed by atoms with Crippen molar-refractivity contribution in [2.24, 2.45) is 0 Å². The van der Waals surface area contributed by atoms with E-state index in [9.17, 15) is 5.11 Å². The Bertz CT molecular complexity index is 465. The maximum absolute atomic E-state index is 10.0. The molecule has 0 spiro atoms. The highest BCUT2D eigenvalue weighted by Crippen LogP contribution is 2.23. The second-order valence-corrected chi connectivity index (χ2v) is 4.97. The number of hydrogen-bond donors (Lipinski definition) is 1. The summed E-state index contributed by atoms with van der Waals surface area (Å²) in [5.41, 5.74) is 5.42. The van der Waals surface area contributed by atoms with E-state index in [1.807, 2.05) is 0 Å². The molecule has 0 amide bonds. The molecule has 0 aliphatic carbocycles. The average Bonchev–Trinajstić information content (AvgIpc) is 2.76. The third-order valence-corrected chi connectivity index (χ3v) is 3.57. The molecule has 0 fully saturated rings. The molecule has 1 unspecified atom stereocenters. The van der Waals surface area contributed by atoms with Gasteiger partial charge >= 0.3 is 0 Å². The van der Waals surface area contributed by atoms with Gasteiger partial charge in [0.1, 0.15) is 0 Å². The van der Waals surface area contributed by atoms with Gasteiger partial charge < -0.3 is 5.11 Å². The van der Waals surface area contributed by atoms with Crippen LogP contribution in [0, 0.1) is 13.8 Å². The van der Waals surface area contributed by atoms with Crippen LogP contribution in [-0.2, 0) is 6.42 Å². The zero-order chi connectivity index (χ0) is 11.5. The highest BCUT2D eigenvalue weighted by molar-refractivity contribution is 7.09. The Morgan fingerprint density at radius 1 is 1.38 bits per heavy atom. The van der Waals surface area contributed by atoms with Gasteiger partial charge in [0, 0.05) is 12.6 Å². The maximum Gasteiger partial charge on any atom is 0.0938 e. The number of nitrogens with zero attached hydrogens (tertiary/aromatic N) is 1. The van der Waals surface area contributed by atoms with Crippen LogP contribution < -0.4 is 0 Å². The second kappa shape index (κ2) is 4.76. The average molecular weight is 233 g/mol. The van der Waals surface area contributed by atoms with Crippen molar-refractivity contribution in [2.75, 3.05) is 0 Å². The quantitative estimate of drug-likeness (QED) is 0.884. The van der Waals surface area contributed by atoms with Crippen molar-refractivity contribution in [1.29, 1.82) is 0 Å². The van der Waals surface area contributed by atoms with Crippen molar-refractivity contribution in [1.82, 2.24) is 4.98 Å². The highest BCUT2D eigenvalue weighted by Gasteiger charge is 2.11. The first kappa shape index (κ1) is 11.3. The van der Waals surface area contributed by atoms with Crippen molar-refractivity contribution in [3.63, 3.8) is 0 Å². The number of thiazole rings is 1. The fraction of sp³-hybridized carbons (Fsp3) is 0.308. The van der Waals surface area contributed by atoms with E-state index >= 15 is 0 Å². The summed E-state index contributed by atoms with van der Waals surface area (Å²) in [6.07, 6.45) is 1.96. The van der Waals surface area contributed by atoms with Gasteiger partial charge in [0.05, 0.1) is 16.5 Å². The summed E-state index contributed by atoms with van der Waals surface area (Å²) >= 11 is 1.50. The molecule has 2 aromatic rings. The molecule has 2 rings (SSSR count). The van der Waals surface area contributed by atoms with Crippen molar-refractivity contribution in [3.05, 3.63) is 51.5 Å². The van der Waals surface area contributed by atoms with Gasteiger partial charge in [-0.05, 0) is 25.0 Å². The van der Waals surface area contributed by atoms with Gasteiger partial charge in [0.25, 0.3) is 0 Å². The van der Waals surface area contributed by atoms with Crippen molar-refractivity contribution in [2.45, 2.75) is 26.4 Å². The summed E-state index contributed by atoms with van der Waals surface area (Å²) in [6.45, 7) is 4.15. The summed E-state index contributed by atoms with van der Waals surface area (Å²) < 4.78 is 0. The Hall–Kier alpha value is -1.19. The van der Waals surface area contributed by atoms with Gasteiger partial charge in [-0.25, -0.2) is 0 Å². The molecule has 16 heavy (non-hydrogen) atoms. The first-order chi connectivity index (χ1) is 7.66. The minimum Gasteiger partial charge on any atom is -0.387 e. The SMILES string of the molecule is Cc1ccc(C)c(CC(O)c2cncs2)c1. The predicted molar refractivity (Wildman–Crippen MR) is 66.7 cm³/mol. The molecule has 1 aromatic heterocycles. The van der Waals surface area contributed by atoms with Crippen LogP contribution in [-0.4, -0.2) is 10.1 Å². The highest BCUT2D eigenvalue weighted by atomic mass is 32.1. The normalized spacial score (nSPS) is 12.7. The summed E-state index contributed by atoms with van der Waals surface area (Å²) in [5, 5.41) is 10.0. The zero-order valence-electron chi connectivity index (χ0n) is 9.47. The van der Waals surface area contributed by atoms with Gasteiger partial charge in [-0.3, -0.25) is 4.98 Å². The Morgan fingerprint density at radius 3 is 2.88 bits per heavy atom. The number of aromatic nitrogens is 1. The molecule has 1 atom stereocenters. The molecule has 2 nitrogen and oxygen atoms in total. The van der Waals surface area contributed by atoms with Crippen LogP contribution >= 0.6 is 11.3 Å². The fourth-order valence-corrected chi connectivity index (χ4v) is 2.32. The third kappa shape index (κ3) is 2.49. The van der Waals surface area contributed by atoms with E-state index < -0.39 is 6.10 Å². The lowest BCUT2D eigenvalue weighted by atomic mass is 10.00. The van der Waals surface area contributed by atoms with Gasteiger partial charge in [-0.1, -0.05) is 23.8 Å². The minimum absolute atomic E-state index is 0.437. The van der Waals surface area contributed by atoms with Gasteiger partial charge in [-0.15, -0.1) is 11.3 Å². The standard InChI is InChI=1S/C13H15NOS/c1-9-3-4-10(2)11(5-9)6-12(15)13-7-14-8-16-13/h3-5,7-8,12,15H,6H2,1-2H3. The second-order valence-electron chi connectivity index (χ2n) is 4.05. The Morgan fingerprint density at radius 2 is 2.19 bits per heavy atom. The van der Waals surface area contributed by atoms with Crippen LogP contribution in [0.25, 0.3) is 0 Å². The van der Waals surface area contributed by atoms with Crippen LogP contribution in [0.5, 0.6) is 0 Å². The van der Waals surface area contributed by atoms with E-state index in [-0.39, 0.29) is 0 Å². The largest absolute Gasteiger partial charge is 0.387 e. The van der Waals surface area contributed by atoms with E-state index in [4.69, 9.17) is 0 Å². The molecule has 1 N–H and O–H groups in total. The molecule has 0 bridgehead atoms. The van der Waals surface area contributed by atoms with E-state index in [2.05, 4.69) is 37.0 Å². The molecule has 1 aromatic carbocycles. The van der Waals surface area contributed by atoms with E-state index in [1.54, 1.807) is 11.7 Å². The molecular weight excluding hydrogens is 218 g/mol. The summed E-state index contributed by atoms with van der Waals surface area (Å²) in [6, 6.07) is 6.33. The molecule has 0 saturated heterocycles. The minimum atomic E-state index is -0.437. The first-order valence-corrected chi connectivity index (χ1v) is 6.17. The molecule has 0 aliphatic rings. The van der Waals surface area contributed by atoms with Crippen LogP contribution in [0.3, 0.4) is 0 Å². The van der Waals surface area contributed by atoms with E-state index in [0.29, 0.717) is 6.42 Å². The summed E-state index contributed by atoms with van der Waals surface area (Å²) in [5.74, 6) is 0. The van der Waals surface area contributed by atoms with Crippen LogP contribution in [0.2, 0.25) is 0 Å². The lowest BCUT2D eigenvalue weighted by Crippen LogP contribution is -2.01. The van der Waals surface area contributed by atoms with Crippen molar-refractivity contribution < 1.29 is 5.11 Å². The van der Waals surface area contributed by atoms with Gasteiger partial charge in [-0.2, -0.15) is 0 Å². The van der Waals surface area contributed by atoms with Gasteiger partial charge in [0.2, 0.25) is 0 Å². The van der Waals surface area contributed by atoms with Crippen LogP contribution in [0.15, 0.2) is 29.9 Å². The van der Waals surface area contributed by atoms with Crippen LogP contribution in [0.1, 0.15) is 27.7 Å². The fourth-order valence-electron chi connectivity index (χ4n) is 1.72. The maximum atomic E-state index is 10.0. The van der Waals surface area contributed by atoms with Crippen molar-refractivity contribution in [3.8, 4) is 0 Å². The smallest absolute Gasteiger partial charge is 0.0938 e. The van der Waals surface area contributed by atoms with Gasteiger partial charge in [0.15, 0.2) is 0 Å². The Kier molecular flexibility index (Phi) is 3.36. The lowest BCUT2D eigenvalue weighted by Gasteiger charge is -2.11. The number of aryl methyl sites for hydroxylation is 2. The monoisotopic (exact) mass is 233 g/mol. The number of aliphatic hydroxyl groups excluding tert-OH is 1. The topological polar surface area (TPSA) is 33.1 Å². The molecule has 3 heteroatoms. The predicted octanol–water partition coefficient (Wildman–Crippen LogP) is 3.04.